The molecular formula is C18H29NO2. The molecule has 0 bridgehead atoms. The molecule has 1 aliphatic heterocycles. The van der Waals surface area contributed by atoms with E-state index in [9.17, 15) is 4.79 Å². The number of rotatable bonds is 5. The summed E-state index contributed by atoms with van der Waals surface area (Å²) >= 11 is 0. The molecule has 3 nitrogen and oxygen atoms in total. The van der Waals surface area contributed by atoms with Crippen molar-refractivity contribution in [2.24, 2.45) is 11.8 Å². The second-order valence-electron chi connectivity index (χ2n) is 7.11. The van der Waals surface area contributed by atoms with Gasteiger partial charge in [0.05, 0.1) is 6.10 Å². The summed E-state index contributed by atoms with van der Waals surface area (Å²) in [5.41, 5.74) is -0.0429. The minimum atomic E-state index is -0.456. The molecule has 0 radical (unpaired) electrons. The summed E-state index contributed by atoms with van der Waals surface area (Å²) in [7, 11) is 0. The van der Waals surface area contributed by atoms with Gasteiger partial charge in [0.25, 0.3) is 0 Å². The SMILES string of the molecule is C=CCC(=O)[C@@H]1O[C@@H]2C[C@H](C)CC[C@H]2C(C)(C)N1CC=C. The fraction of sp³-hybridized carbons (Fsp3) is 0.722. The van der Waals surface area contributed by atoms with E-state index < -0.39 is 6.23 Å². The zero-order valence-corrected chi connectivity index (χ0v) is 13.7. The van der Waals surface area contributed by atoms with Gasteiger partial charge in [0.1, 0.15) is 0 Å². The van der Waals surface area contributed by atoms with Crippen molar-refractivity contribution in [1.82, 2.24) is 4.90 Å². The van der Waals surface area contributed by atoms with Crippen molar-refractivity contribution in [2.45, 2.75) is 64.3 Å². The lowest BCUT2D eigenvalue weighted by Gasteiger charge is -2.56. The number of ether oxygens (including phenoxy) is 1. The summed E-state index contributed by atoms with van der Waals surface area (Å²) in [6, 6.07) is 0. The lowest BCUT2D eigenvalue weighted by molar-refractivity contribution is -0.225. The Bertz CT molecular complexity index is 415. The lowest BCUT2D eigenvalue weighted by atomic mass is 9.69. The number of hydrogen-bond donors (Lipinski definition) is 0. The van der Waals surface area contributed by atoms with Gasteiger partial charge in [0, 0.05) is 24.4 Å². The molecule has 0 aromatic rings. The second kappa shape index (κ2) is 6.45. The number of hydrogen-bond acceptors (Lipinski definition) is 3. The monoisotopic (exact) mass is 291 g/mol. The minimum Gasteiger partial charge on any atom is -0.352 e. The van der Waals surface area contributed by atoms with E-state index >= 15 is 0 Å². The van der Waals surface area contributed by atoms with Crippen LogP contribution >= 0.6 is 0 Å². The highest BCUT2D eigenvalue weighted by molar-refractivity contribution is 5.84. The van der Waals surface area contributed by atoms with Crippen molar-refractivity contribution in [2.75, 3.05) is 6.54 Å². The van der Waals surface area contributed by atoms with Gasteiger partial charge in [-0.3, -0.25) is 9.69 Å². The number of Topliss-reactive ketones (excluding diaryl/α,β-unsaturated/α-hetero) is 1. The molecule has 0 N–H and O–H groups in total. The Morgan fingerprint density at radius 2 is 2.05 bits per heavy atom. The van der Waals surface area contributed by atoms with Crippen LogP contribution in [0.4, 0.5) is 0 Å². The highest BCUT2D eigenvalue weighted by Gasteiger charge is 2.51. The van der Waals surface area contributed by atoms with Gasteiger partial charge in [-0.2, -0.15) is 0 Å². The molecule has 118 valence electrons. The maximum absolute atomic E-state index is 12.5. The standard InChI is InChI=1S/C18H29NO2/c1-6-8-15(20)17-19(11-7-2)18(4,5)14-10-9-13(3)12-16(14)21-17/h6-7,13-14,16-17H,1-2,8-12H2,3-5H3/t13-,14-,16-,17+/m1/s1. The zero-order chi connectivity index (χ0) is 15.6. The largest absolute Gasteiger partial charge is 0.352 e. The Labute approximate surface area is 129 Å². The van der Waals surface area contributed by atoms with Gasteiger partial charge in [-0.15, -0.1) is 13.2 Å². The van der Waals surface area contributed by atoms with Crippen molar-refractivity contribution in [1.29, 1.82) is 0 Å². The smallest absolute Gasteiger partial charge is 0.180 e. The average Bonchev–Trinajstić information content (AvgIpc) is 2.41. The summed E-state index contributed by atoms with van der Waals surface area (Å²) in [6.45, 7) is 15.0. The van der Waals surface area contributed by atoms with Crippen molar-refractivity contribution >= 4 is 5.78 Å². The predicted octanol–water partition coefficient (Wildman–Crippen LogP) is 3.56. The summed E-state index contributed by atoms with van der Waals surface area (Å²) < 4.78 is 6.26. The summed E-state index contributed by atoms with van der Waals surface area (Å²) in [5, 5.41) is 0. The first-order valence-corrected chi connectivity index (χ1v) is 8.08. The van der Waals surface area contributed by atoms with E-state index in [1.165, 1.54) is 12.8 Å². The third-order valence-electron chi connectivity index (χ3n) is 5.24. The molecule has 4 atom stereocenters. The quantitative estimate of drug-likeness (QED) is 0.725. The van der Waals surface area contributed by atoms with E-state index in [1.807, 2.05) is 6.08 Å². The highest BCUT2D eigenvalue weighted by atomic mass is 16.5. The first-order chi connectivity index (χ1) is 9.91. The summed E-state index contributed by atoms with van der Waals surface area (Å²) in [4.78, 5) is 14.6. The van der Waals surface area contributed by atoms with Gasteiger partial charge >= 0.3 is 0 Å². The molecule has 0 amide bonds. The summed E-state index contributed by atoms with van der Waals surface area (Å²) in [5.74, 6) is 1.28. The Morgan fingerprint density at radius 3 is 2.67 bits per heavy atom. The maximum atomic E-state index is 12.5. The molecule has 0 aromatic carbocycles. The number of carbonyl (C=O) groups is 1. The molecule has 1 saturated carbocycles. The topological polar surface area (TPSA) is 29.5 Å². The molecule has 3 heteroatoms. The summed E-state index contributed by atoms with van der Waals surface area (Å²) in [6.07, 6.45) is 7.13. The number of carbonyl (C=O) groups excluding carboxylic acids is 1. The molecule has 21 heavy (non-hydrogen) atoms. The zero-order valence-electron chi connectivity index (χ0n) is 13.7. The Hall–Kier alpha value is -0.930. The first kappa shape index (κ1) is 16.4. The van der Waals surface area contributed by atoms with Gasteiger partial charge in [-0.05, 0) is 32.6 Å². The Morgan fingerprint density at radius 1 is 1.33 bits per heavy atom. The van der Waals surface area contributed by atoms with Crippen LogP contribution in [-0.4, -0.2) is 35.1 Å². The van der Waals surface area contributed by atoms with Gasteiger partial charge in [-0.1, -0.05) is 25.5 Å². The minimum absolute atomic E-state index is 0.0429. The van der Waals surface area contributed by atoms with Gasteiger partial charge in [0.2, 0.25) is 0 Å². The van der Waals surface area contributed by atoms with Crippen molar-refractivity contribution in [3.8, 4) is 0 Å². The third kappa shape index (κ3) is 3.14. The van der Waals surface area contributed by atoms with E-state index in [4.69, 9.17) is 4.74 Å². The van der Waals surface area contributed by atoms with E-state index in [0.717, 1.165) is 6.42 Å². The molecule has 1 saturated heterocycles. The van der Waals surface area contributed by atoms with Crippen LogP contribution in [0.2, 0.25) is 0 Å². The molecule has 0 spiro atoms. The fourth-order valence-corrected chi connectivity index (χ4v) is 4.00. The molecule has 0 aromatic heterocycles. The van der Waals surface area contributed by atoms with Crippen LogP contribution in [0.25, 0.3) is 0 Å². The van der Waals surface area contributed by atoms with E-state index in [2.05, 4.69) is 38.8 Å². The fourth-order valence-electron chi connectivity index (χ4n) is 4.00. The van der Waals surface area contributed by atoms with Gasteiger partial charge < -0.3 is 4.74 Å². The first-order valence-electron chi connectivity index (χ1n) is 8.08. The Kier molecular flexibility index (Phi) is 5.05. The highest BCUT2D eigenvalue weighted by Crippen LogP contribution is 2.45. The van der Waals surface area contributed by atoms with E-state index in [1.54, 1.807) is 6.08 Å². The molecule has 1 aliphatic carbocycles. The molecule has 0 unspecified atom stereocenters. The van der Waals surface area contributed by atoms with E-state index in [-0.39, 0.29) is 17.4 Å². The van der Waals surface area contributed by atoms with Crippen LogP contribution in [0.3, 0.4) is 0 Å². The van der Waals surface area contributed by atoms with Crippen LogP contribution < -0.4 is 0 Å². The normalized spacial score (nSPS) is 35.8. The number of nitrogens with zero attached hydrogens (tertiary/aromatic N) is 1. The predicted molar refractivity (Wildman–Crippen MR) is 86.0 cm³/mol. The van der Waals surface area contributed by atoms with Crippen molar-refractivity contribution in [3.63, 3.8) is 0 Å². The van der Waals surface area contributed by atoms with Crippen molar-refractivity contribution < 1.29 is 9.53 Å². The Balaban J connectivity index is 2.29. The number of ketones is 1. The average molecular weight is 291 g/mol. The molecular weight excluding hydrogens is 262 g/mol. The van der Waals surface area contributed by atoms with E-state index in [0.29, 0.717) is 24.8 Å². The number of allylic oxidation sites excluding steroid dienone is 1. The van der Waals surface area contributed by atoms with Gasteiger partial charge in [0.15, 0.2) is 12.0 Å². The third-order valence-corrected chi connectivity index (χ3v) is 5.24. The maximum Gasteiger partial charge on any atom is 0.180 e. The molecule has 1 heterocycles. The molecule has 2 rings (SSSR count). The molecule has 2 fully saturated rings. The van der Waals surface area contributed by atoms with Crippen LogP contribution in [0.1, 0.15) is 46.5 Å². The van der Waals surface area contributed by atoms with Gasteiger partial charge in [-0.25, -0.2) is 0 Å². The van der Waals surface area contributed by atoms with Crippen LogP contribution in [0.5, 0.6) is 0 Å². The van der Waals surface area contributed by atoms with Crippen LogP contribution in [-0.2, 0) is 9.53 Å². The lowest BCUT2D eigenvalue weighted by Crippen LogP contribution is -2.66. The number of fused-ring (bicyclic) bond motifs is 1. The second-order valence-corrected chi connectivity index (χ2v) is 7.11. The van der Waals surface area contributed by atoms with Crippen molar-refractivity contribution in [3.05, 3.63) is 25.3 Å². The van der Waals surface area contributed by atoms with Crippen LogP contribution in [0, 0.1) is 11.8 Å². The molecule has 2 aliphatic rings. The van der Waals surface area contributed by atoms with Crippen LogP contribution in [0.15, 0.2) is 25.3 Å².